The molecule has 0 saturated carbocycles. The zero-order chi connectivity index (χ0) is 14.9. The largest absolute Gasteiger partial charge is 0.396 e. The van der Waals surface area contributed by atoms with Crippen LogP contribution in [-0.2, 0) is 0 Å². The van der Waals surface area contributed by atoms with Gasteiger partial charge < -0.3 is 10.6 Å². The fourth-order valence-electron chi connectivity index (χ4n) is 1.89. The summed E-state index contributed by atoms with van der Waals surface area (Å²) in [6.45, 7) is 1.86. The van der Waals surface area contributed by atoms with Crippen LogP contribution in [0.3, 0.4) is 0 Å². The number of aryl methyl sites for hydroxylation is 1. The Morgan fingerprint density at radius 1 is 1.20 bits per heavy atom. The van der Waals surface area contributed by atoms with Gasteiger partial charge in [0.05, 0.1) is 5.69 Å². The third-order valence-corrected chi connectivity index (χ3v) is 3.03. The highest BCUT2D eigenvalue weighted by Crippen LogP contribution is 2.23. The van der Waals surface area contributed by atoms with Gasteiger partial charge in [0.1, 0.15) is 11.4 Å². The monoisotopic (exact) mass is 276 g/mol. The van der Waals surface area contributed by atoms with E-state index >= 15 is 0 Å². The lowest BCUT2D eigenvalue weighted by atomic mass is 10.1. The molecule has 0 aliphatic heterocycles. The van der Waals surface area contributed by atoms with Gasteiger partial charge in [0, 0.05) is 12.7 Å². The van der Waals surface area contributed by atoms with Crippen LogP contribution in [0.15, 0.2) is 36.4 Å². The molecule has 5 heteroatoms. The summed E-state index contributed by atoms with van der Waals surface area (Å²) in [6.07, 6.45) is 0. The normalized spacial score (nSPS) is 10.4. The minimum Gasteiger partial charge on any atom is -0.396 e. The number of hydrogen-bond donors (Lipinski definition) is 1. The summed E-state index contributed by atoms with van der Waals surface area (Å²) in [5.74, 6) is -2.74. The molecule has 0 radical (unpaired) electrons. The average Bonchev–Trinajstić information content (AvgIpc) is 2.42. The molecule has 0 atom stereocenters. The molecule has 3 nitrogen and oxygen atoms in total. The Morgan fingerprint density at radius 3 is 2.55 bits per heavy atom. The van der Waals surface area contributed by atoms with Crippen molar-refractivity contribution < 1.29 is 13.6 Å². The third kappa shape index (κ3) is 2.47. The van der Waals surface area contributed by atoms with Gasteiger partial charge in [-0.2, -0.15) is 0 Å². The smallest absolute Gasteiger partial charge is 0.264 e. The lowest BCUT2D eigenvalue weighted by molar-refractivity contribution is 0.0985. The van der Waals surface area contributed by atoms with Gasteiger partial charge in [-0.15, -0.1) is 0 Å². The lowest BCUT2D eigenvalue weighted by Crippen LogP contribution is -2.28. The van der Waals surface area contributed by atoms with E-state index in [1.54, 1.807) is 18.2 Å². The number of nitrogens with zero attached hydrogens (tertiary/aromatic N) is 1. The van der Waals surface area contributed by atoms with E-state index in [4.69, 9.17) is 5.73 Å². The maximum Gasteiger partial charge on any atom is 0.264 e. The summed E-state index contributed by atoms with van der Waals surface area (Å²) in [5.41, 5.74) is 5.97. The van der Waals surface area contributed by atoms with Crippen LogP contribution in [0.2, 0.25) is 0 Å². The molecule has 0 bridgehead atoms. The second-order valence-corrected chi connectivity index (χ2v) is 4.53. The van der Waals surface area contributed by atoms with Crippen LogP contribution < -0.4 is 10.6 Å². The van der Waals surface area contributed by atoms with Crippen LogP contribution >= 0.6 is 0 Å². The van der Waals surface area contributed by atoms with E-state index in [0.29, 0.717) is 5.69 Å². The Bertz CT molecular complexity index is 671. The van der Waals surface area contributed by atoms with Crippen molar-refractivity contribution in [3.05, 3.63) is 59.2 Å². The number of carbonyl (C=O) groups excluding carboxylic acids is 1. The molecule has 2 aromatic rings. The lowest BCUT2D eigenvalue weighted by Gasteiger charge is -2.19. The van der Waals surface area contributed by atoms with E-state index in [9.17, 15) is 13.6 Å². The molecule has 2 N–H and O–H groups in total. The zero-order valence-corrected chi connectivity index (χ0v) is 11.2. The standard InChI is InChI=1S/C15H14F2N2O/c1-9-4-3-5-10(8-9)19(2)15(20)13-11(16)6-7-12(18)14(13)17/h3-8H,18H2,1-2H3. The number of nitrogen functional groups attached to an aromatic ring is 1. The van der Waals surface area contributed by atoms with Gasteiger partial charge in [-0.05, 0) is 36.8 Å². The molecule has 0 heterocycles. The predicted molar refractivity (Wildman–Crippen MR) is 74.7 cm³/mol. The molecule has 0 unspecified atom stereocenters. The van der Waals surface area contributed by atoms with Crippen LogP contribution in [0.1, 0.15) is 15.9 Å². The molecule has 0 spiro atoms. The van der Waals surface area contributed by atoms with Crippen LogP contribution in [0.5, 0.6) is 0 Å². The second-order valence-electron chi connectivity index (χ2n) is 4.53. The maximum atomic E-state index is 13.9. The van der Waals surface area contributed by atoms with E-state index in [-0.39, 0.29) is 5.69 Å². The summed E-state index contributed by atoms with van der Waals surface area (Å²) >= 11 is 0. The van der Waals surface area contributed by atoms with Gasteiger partial charge in [0.2, 0.25) is 0 Å². The average molecular weight is 276 g/mol. The highest BCUT2D eigenvalue weighted by atomic mass is 19.1. The Balaban J connectivity index is 2.44. The zero-order valence-electron chi connectivity index (χ0n) is 11.2. The minimum absolute atomic E-state index is 0.257. The number of hydrogen-bond acceptors (Lipinski definition) is 2. The Morgan fingerprint density at radius 2 is 1.90 bits per heavy atom. The third-order valence-electron chi connectivity index (χ3n) is 3.03. The molecule has 2 aromatic carbocycles. The van der Waals surface area contributed by atoms with E-state index in [1.165, 1.54) is 11.9 Å². The van der Waals surface area contributed by atoms with E-state index in [0.717, 1.165) is 17.7 Å². The number of nitrogens with two attached hydrogens (primary N) is 1. The number of benzene rings is 2. The SMILES string of the molecule is Cc1cccc(N(C)C(=O)c2c(F)ccc(N)c2F)c1. The van der Waals surface area contributed by atoms with Crippen LogP contribution in [0.4, 0.5) is 20.2 Å². The first-order valence-electron chi connectivity index (χ1n) is 6.00. The fourth-order valence-corrected chi connectivity index (χ4v) is 1.89. The van der Waals surface area contributed by atoms with Crippen molar-refractivity contribution >= 4 is 17.3 Å². The van der Waals surface area contributed by atoms with E-state index in [1.807, 2.05) is 13.0 Å². The molecule has 0 saturated heterocycles. The molecule has 0 fully saturated rings. The maximum absolute atomic E-state index is 13.9. The van der Waals surface area contributed by atoms with Gasteiger partial charge in [0.25, 0.3) is 5.91 Å². The number of amides is 1. The molecular formula is C15H14F2N2O. The Labute approximate surface area is 115 Å². The van der Waals surface area contributed by atoms with Crippen molar-refractivity contribution in [2.24, 2.45) is 0 Å². The van der Waals surface area contributed by atoms with Crippen molar-refractivity contribution in [2.75, 3.05) is 17.7 Å². The topological polar surface area (TPSA) is 46.3 Å². The molecule has 104 valence electrons. The van der Waals surface area contributed by atoms with Gasteiger partial charge in [0.15, 0.2) is 5.82 Å². The predicted octanol–water partition coefficient (Wildman–Crippen LogP) is 3.13. The minimum atomic E-state index is -1.03. The highest BCUT2D eigenvalue weighted by Gasteiger charge is 2.23. The summed E-state index contributed by atoms with van der Waals surface area (Å²) in [6, 6.07) is 9.14. The van der Waals surface area contributed by atoms with Crippen molar-refractivity contribution in [3.8, 4) is 0 Å². The Hall–Kier alpha value is -2.43. The quantitative estimate of drug-likeness (QED) is 0.856. The Kier molecular flexibility index (Phi) is 3.70. The first kappa shape index (κ1) is 14.0. The van der Waals surface area contributed by atoms with Crippen molar-refractivity contribution in [3.63, 3.8) is 0 Å². The molecule has 20 heavy (non-hydrogen) atoms. The summed E-state index contributed by atoms with van der Waals surface area (Å²) in [4.78, 5) is 13.4. The second kappa shape index (κ2) is 5.28. The first-order valence-corrected chi connectivity index (χ1v) is 6.00. The van der Waals surface area contributed by atoms with Gasteiger partial charge in [-0.3, -0.25) is 4.79 Å². The summed E-state index contributed by atoms with van der Waals surface area (Å²) < 4.78 is 27.5. The van der Waals surface area contributed by atoms with E-state index < -0.39 is 23.1 Å². The summed E-state index contributed by atoms with van der Waals surface area (Å²) in [5, 5.41) is 0. The van der Waals surface area contributed by atoms with E-state index in [2.05, 4.69) is 0 Å². The number of halogens is 2. The van der Waals surface area contributed by atoms with Gasteiger partial charge in [-0.25, -0.2) is 8.78 Å². The fraction of sp³-hybridized carbons (Fsp3) is 0.133. The van der Waals surface area contributed by atoms with Gasteiger partial charge >= 0.3 is 0 Å². The number of carbonyl (C=O) groups is 1. The van der Waals surface area contributed by atoms with Crippen molar-refractivity contribution in [1.82, 2.24) is 0 Å². The number of anilines is 2. The van der Waals surface area contributed by atoms with Crippen molar-refractivity contribution in [2.45, 2.75) is 6.92 Å². The molecular weight excluding hydrogens is 262 g/mol. The van der Waals surface area contributed by atoms with Crippen LogP contribution in [0.25, 0.3) is 0 Å². The van der Waals surface area contributed by atoms with Crippen LogP contribution in [0, 0.1) is 18.6 Å². The molecule has 0 aromatic heterocycles. The number of rotatable bonds is 2. The molecule has 0 aliphatic carbocycles. The highest BCUT2D eigenvalue weighted by molar-refractivity contribution is 6.06. The molecule has 1 amide bonds. The summed E-state index contributed by atoms with van der Waals surface area (Å²) in [7, 11) is 1.46. The molecule has 0 aliphatic rings. The first-order chi connectivity index (χ1) is 9.41. The van der Waals surface area contributed by atoms with Crippen molar-refractivity contribution in [1.29, 1.82) is 0 Å². The molecule has 2 rings (SSSR count). The van der Waals surface area contributed by atoms with Gasteiger partial charge in [-0.1, -0.05) is 12.1 Å². The van der Waals surface area contributed by atoms with Crippen LogP contribution in [-0.4, -0.2) is 13.0 Å².